The lowest BCUT2D eigenvalue weighted by Crippen LogP contribution is -2.19. The van der Waals surface area contributed by atoms with Crippen molar-refractivity contribution in [2.75, 3.05) is 10.6 Å². The summed E-state index contributed by atoms with van der Waals surface area (Å²) in [7, 11) is 0. The first-order valence-electron chi connectivity index (χ1n) is 7.16. The zero-order valence-electron chi connectivity index (χ0n) is 12.7. The van der Waals surface area contributed by atoms with Crippen LogP contribution in [0.15, 0.2) is 33.6 Å². The number of hydrogen-bond donors (Lipinski definition) is 3. The molecule has 2 aromatic heterocycles. The number of rotatable bonds is 5. The van der Waals surface area contributed by atoms with E-state index in [4.69, 9.17) is 4.42 Å². The fourth-order valence-electron chi connectivity index (χ4n) is 2.03. The molecule has 0 saturated heterocycles. The number of hydrogen-bond acceptors (Lipinski definition) is 6. The molecule has 0 atom stereocenters. The number of amides is 2. The molecule has 3 N–H and O–H groups in total. The molecule has 2 amide bonds. The largest absolute Gasteiger partial charge is 0.417 e. The van der Waals surface area contributed by atoms with Gasteiger partial charge in [0.2, 0.25) is 11.8 Å². The number of aromatic amines is 1. The van der Waals surface area contributed by atoms with Gasteiger partial charge in [-0.15, -0.1) is 5.10 Å². The summed E-state index contributed by atoms with van der Waals surface area (Å²) in [5.74, 6) is -0.804. The third-order valence-electron chi connectivity index (χ3n) is 3.14. The van der Waals surface area contributed by atoms with Gasteiger partial charge < -0.3 is 15.1 Å². The number of carbonyl (C=O) groups excluding carboxylic acids is 2. The number of nitrogens with zero attached hydrogens (tertiary/aromatic N) is 3. The van der Waals surface area contributed by atoms with Crippen molar-refractivity contribution in [3.8, 4) is 0 Å². The molecule has 0 radical (unpaired) electrons. The van der Waals surface area contributed by atoms with Crippen LogP contribution in [0.2, 0.25) is 0 Å². The third kappa shape index (κ3) is 3.48. The number of H-pyrrole nitrogens is 1. The Kier molecular flexibility index (Phi) is 4.10. The Hall–Kier alpha value is -3.43. The van der Waals surface area contributed by atoms with Gasteiger partial charge in [-0.25, -0.2) is 9.48 Å². The van der Waals surface area contributed by atoms with E-state index in [1.807, 2.05) is 0 Å². The third-order valence-corrected chi connectivity index (χ3v) is 3.14. The molecule has 24 heavy (non-hydrogen) atoms. The number of aromatic nitrogens is 4. The smallest absolute Gasteiger partial charge is 0.408 e. The molecule has 3 rings (SSSR count). The molecule has 0 saturated carbocycles. The lowest BCUT2D eigenvalue weighted by atomic mass is 10.3. The maximum Gasteiger partial charge on any atom is 0.417 e. The Morgan fingerprint density at radius 3 is 2.92 bits per heavy atom. The van der Waals surface area contributed by atoms with Gasteiger partial charge in [-0.3, -0.25) is 14.6 Å². The van der Waals surface area contributed by atoms with Crippen LogP contribution in [0, 0.1) is 0 Å². The number of fused-ring (bicyclic) bond motifs is 1. The van der Waals surface area contributed by atoms with Gasteiger partial charge in [0.25, 0.3) is 0 Å². The molecule has 124 valence electrons. The van der Waals surface area contributed by atoms with E-state index in [1.165, 1.54) is 10.9 Å². The molecule has 0 aliphatic carbocycles. The SMILES string of the molecule is CCC(=O)Nc1cn(CC(=O)Nc2ccc3[nH]c(=O)oc3c2)nn1. The first-order chi connectivity index (χ1) is 11.5. The molecule has 0 unspecified atom stereocenters. The van der Waals surface area contributed by atoms with Crippen LogP contribution in [-0.4, -0.2) is 31.8 Å². The molecule has 0 aliphatic rings. The Labute approximate surface area is 134 Å². The molecular formula is C14H14N6O4. The zero-order chi connectivity index (χ0) is 17.1. The molecule has 10 nitrogen and oxygen atoms in total. The highest BCUT2D eigenvalue weighted by atomic mass is 16.4. The Morgan fingerprint density at radius 2 is 2.12 bits per heavy atom. The van der Waals surface area contributed by atoms with E-state index < -0.39 is 5.76 Å². The Bertz CT molecular complexity index is 953. The first-order valence-corrected chi connectivity index (χ1v) is 7.16. The molecule has 0 aliphatic heterocycles. The first kappa shape index (κ1) is 15.5. The summed E-state index contributed by atoms with van der Waals surface area (Å²) in [4.78, 5) is 36.9. The minimum Gasteiger partial charge on any atom is -0.408 e. The monoisotopic (exact) mass is 330 g/mol. The standard InChI is InChI=1S/C14H14N6O4/c1-2-12(21)17-11-6-20(19-18-11)7-13(22)15-8-3-4-9-10(5-8)24-14(23)16-9/h3-6H,2,7H2,1H3,(H,15,22)(H,16,23)(H,17,21). The number of nitrogens with one attached hydrogen (secondary N) is 3. The van der Waals surface area contributed by atoms with Crippen molar-refractivity contribution >= 4 is 34.4 Å². The average molecular weight is 330 g/mol. The quantitative estimate of drug-likeness (QED) is 0.630. The fourth-order valence-corrected chi connectivity index (χ4v) is 2.03. The van der Waals surface area contributed by atoms with E-state index in [2.05, 4.69) is 25.9 Å². The summed E-state index contributed by atoms with van der Waals surface area (Å²) in [5.41, 5.74) is 1.38. The van der Waals surface area contributed by atoms with Gasteiger partial charge in [0.15, 0.2) is 11.4 Å². The maximum atomic E-state index is 12.0. The van der Waals surface area contributed by atoms with Gasteiger partial charge in [0.1, 0.15) is 6.54 Å². The highest BCUT2D eigenvalue weighted by Gasteiger charge is 2.09. The molecule has 1 aromatic carbocycles. The van der Waals surface area contributed by atoms with Gasteiger partial charge in [0, 0.05) is 18.2 Å². The van der Waals surface area contributed by atoms with E-state index in [1.54, 1.807) is 25.1 Å². The molecule has 0 spiro atoms. The summed E-state index contributed by atoms with van der Waals surface area (Å²) in [5, 5.41) is 12.7. The van der Waals surface area contributed by atoms with Crippen LogP contribution in [0.1, 0.15) is 13.3 Å². The number of benzene rings is 1. The average Bonchev–Trinajstić information content (AvgIpc) is 3.11. The summed E-state index contributed by atoms with van der Waals surface area (Å²) in [6, 6.07) is 4.81. The summed E-state index contributed by atoms with van der Waals surface area (Å²) >= 11 is 0. The van der Waals surface area contributed by atoms with Gasteiger partial charge in [-0.1, -0.05) is 12.1 Å². The Balaban J connectivity index is 1.64. The van der Waals surface area contributed by atoms with Crippen LogP contribution < -0.4 is 16.4 Å². The van der Waals surface area contributed by atoms with Crippen LogP contribution in [0.4, 0.5) is 11.5 Å². The van der Waals surface area contributed by atoms with E-state index in [0.717, 1.165) is 0 Å². The molecule has 2 heterocycles. The summed E-state index contributed by atoms with van der Waals surface area (Å²) < 4.78 is 6.23. The highest BCUT2D eigenvalue weighted by molar-refractivity contribution is 5.92. The van der Waals surface area contributed by atoms with Gasteiger partial charge >= 0.3 is 5.76 Å². The van der Waals surface area contributed by atoms with Crippen molar-refractivity contribution in [2.45, 2.75) is 19.9 Å². The van der Waals surface area contributed by atoms with Crippen LogP contribution >= 0.6 is 0 Å². The molecule has 10 heteroatoms. The van der Waals surface area contributed by atoms with E-state index >= 15 is 0 Å². The second kappa shape index (κ2) is 6.36. The van der Waals surface area contributed by atoms with Crippen molar-refractivity contribution in [1.82, 2.24) is 20.0 Å². The second-order valence-electron chi connectivity index (χ2n) is 4.98. The molecule has 0 bridgehead atoms. The number of carbonyl (C=O) groups is 2. The van der Waals surface area contributed by atoms with Crippen molar-refractivity contribution in [2.24, 2.45) is 0 Å². The zero-order valence-corrected chi connectivity index (χ0v) is 12.7. The fraction of sp³-hybridized carbons (Fsp3) is 0.214. The molecular weight excluding hydrogens is 316 g/mol. The number of oxazole rings is 1. The topological polar surface area (TPSA) is 135 Å². The van der Waals surface area contributed by atoms with Crippen molar-refractivity contribution < 1.29 is 14.0 Å². The highest BCUT2D eigenvalue weighted by Crippen LogP contribution is 2.16. The molecule has 3 aromatic rings. The van der Waals surface area contributed by atoms with Crippen LogP contribution in [0.25, 0.3) is 11.1 Å². The van der Waals surface area contributed by atoms with Gasteiger partial charge in [-0.05, 0) is 12.1 Å². The van der Waals surface area contributed by atoms with Gasteiger partial charge in [0.05, 0.1) is 11.7 Å². The van der Waals surface area contributed by atoms with Crippen molar-refractivity contribution in [1.29, 1.82) is 0 Å². The van der Waals surface area contributed by atoms with Crippen LogP contribution in [0.5, 0.6) is 0 Å². The summed E-state index contributed by atoms with van der Waals surface area (Å²) in [6.07, 6.45) is 1.78. The minimum absolute atomic E-state index is 0.0792. The lowest BCUT2D eigenvalue weighted by Gasteiger charge is -2.04. The van der Waals surface area contributed by atoms with E-state index in [0.29, 0.717) is 23.2 Å². The van der Waals surface area contributed by atoms with E-state index in [9.17, 15) is 14.4 Å². The van der Waals surface area contributed by atoms with Crippen LogP contribution in [0.3, 0.4) is 0 Å². The number of anilines is 2. The predicted octanol–water partition coefficient (Wildman–Crippen LogP) is 0.700. The lowest BCUT2D eigenvalue weighted by molar-refractivity contribution is -0.117. The predicted molar refractivity (Wildman–Crippen MR) is 84.4 cm³/mol. The maximum absolute atomic E-state index is 12.0. The van der Waals surface area contributed by atoms with Gasteiger partial charge in [-0.2, -0.15) is 0 Å². The second-order valence-corrected chi connectivity index (χ2v) is 4.98. The molecule has 0 fully saturated rings. The van der Waals surface area contributed by atoms with Crippen molar-refractivity contribution in [3.63, 3.8) is 0 Å². The van der Waals surface area contributed by atoms with Crippen LogP contribution in [-0.2, 0) is 16.1 Å². The normalized spacial score (nSPS) is 10.7. The summed E-state index contributed by atoms with van der Waals surface area (Å²) in [6.45, 7) is 1.64. The van der Waals surface area contributed by atoms with Crippen molar-refractivity contribution in [3.05, 3.63) is 34.9 Å². The van der Waals surface area contributed by atoms with E-state index in [-0.39, 0.29) is 24.2 Å². The minimum atomic E-state index is -0.558. The Morgan fingerprint density at radius 1 is 1.29 bits per heavy atom.